The number of H-pyrrole nitrogens is 1. The maximum atomic E-state index is 15.2. The van der Waals surface area contributed by atoms with Crippen LogP contribution in [0.15, 0.2) is 79.0 Å². The van der Waals surface area contributed by atoms with Crippen LogP contribution >= 0.6 is 0 Å². The molecule has 3 aromatic carbocycles. The van der Waals surface area contributed by atoms with Crippen molar-refractivity contribution in [3.8, 4) is 11.3 Å². The van der Waals surface area contributed by atoms with Gasteiger partial charge >= 0.3 is 24.3 Å². The van der Waals surface area contributed by atoms with Gasteiger partial charge in [-0.25, -0.2) is 23.9 Å². The molecule has 0 aliphatic rings. The molecule has 0 saturated heterocycles. The quantitative estimate of drug-likeness (QED) is 0.0994. The van der Waals surface area contributed by atoms with Crippen molar-refractivity contribution < 1.29 is 50.5 Å². The Morgan fingerprint density at radius 1 is 0.851 bits per heavy atom. The van der Waals surface area contributed by atoms with Crippen LogP contribution in [-0.2, 0) is 16.0 Å². The average Bonchev–Trinajstić information content (AvgIpc) is 3.48. The number of carboxylic acids is 2. The van der Waals surface area contributed by atoms with E-state index in [1.165, 1.54) is 6.07 Å². The van der Waals surface area contributed by atoms with E-state index in [-0.39, 0.29) is 5.82 Å². The molecule has 5 aromatic rings. The minimum Gasteiger partial charge on any atom is -0.475 e. The number of aromatic nitrogens is 3. The number of halogens is 7. The van der Waals surface area contributed by atoms with Crippen molar-refractivity contribution in [1.29, 1.82) is 0 Å². The van der Waals surface area contributed by atoms with Gasteiger partial charge in [-0.15, -0.1) is 0 Å². The van der Waals surface area contributed by atoms with E-state index < -0.39 is 30.2 Å². The maximum absolute atomic E-state index is 15.2. The molecule has 7 N–H and O–H groups in total. The number of hydrogen-bond donors (Lipinski definition) is 5. The van der Waals surface area contributed by atoms with Crippen molar-refractivity contribution in [2.45, 2.75) is 31.6 Å². The Labute approximate surface area is 261 Å². The normalized spacial score (nSPS) is 11.9. The number of aliphatic carboxylic acids is 2. The highest BCUT2D eigenvalue weighted by molar-refractivity contribution is 5.93. The minimum absolute atomic E-state index is 0.317. The monoisotopic (exact) mass is 665 g/mol. The molecule has 2 aromatic heterocycles. The Hall–Kier alpha value is -5.67. The number of nitrogen functional groups attached to an aromatic ring is 2. The molecule has 0 spiro atoms. The van der Waals surface area contributed by atoms with Gasteiger partial charge in [0.05, 0.1) is 17.3 Å². The van der Waals surface area contributed by atoms with Crippen LogP contribution in [0.2, 0.25) is 0 Å². The fourth-order valence-corrected chi connectivity index (χ4v) is 4.20. The highest BCUT2D eigenvalue weighted by Gasteiger charge is 2.39. The van der Waals surface area contributed by atoms with Gasteiger partial charge in [-0.3, -0.25) is 0 Å². The number of hydrogen-bond acceptors (Lipinski definition) is 6. The number of aryl methyl sites for hydroxylation is 1. The summed E-state index contributed by atoms with van der Waals surface area (Å²) in [6, 6.07) is 22.4. The van der Waals surface area contributed by atoms with Crippen LogP contribution in [-0.4, -0.2) is 49.5 Å². The lowest BCUT2D eigenvalue weighted by atomic mass is 9.91. The fourth-order valence-electron chi connectivity index (χ4n) is 4.20. The Morgan fingerprint density at radius 2 is 1.45 bits per heavy atom. The predicted molar refractivity (Wildman–Crippen MR) is 159 cm³/mol. The van der Waals surface area contributed by atoms with Crippen LogP contribution in [0, 0.1) is 5.82 Å². The fraction of sp³-hybridized carbons (Fsp3) is 0.161. The number of fused-ring (bicyclic) bond motifs is 1. The Bertz CT molecular complexity index is 1840. The summed E-state index contributed by atoms with van der Waals surface area (Å²) in [6.07, 6.45) is -7.54. The lowest BCUT2D eigenvalue weighted by Crippen LogP contribution is -2.21. The summed E-state index contributed by atoms with van der Waals surface area (Å²) in [6.45, 7) is 2.04. The molecule has 0 aliphatic carbocycles. The van der Waals surface area contributed by atoms with Gasteiger partial charge in [0.15, 0.2) is 0 Å². The summed E-state index contributed by atoms with van der Waals surface area (Å²) >= 11 is 0. The van der Waals surface area contributed by atoms with Gasteiger partial charge in [-0.1, -0.05) is 49.4 Å². The highest BCUT2D eigenvalue weighted by atomic mass is 19.4. The first kappa shape index (κ1) is 35.8. The van der Waals surface area contributed by atoms with Crippen molar-refractivity contribution >= 4 is 34.2 Å². The topological polar surface area (TPSA) is 168 Å². The molecular weight excluding hydrogens is 639 g/mol. The third-order valence-electron chi connectivity index (χ3n) is 6.41. The second kappa shape index (κ2) is 14.6. The first-order chi connectivity index (χ1) is 21.9. The van der Waals surface area contributed by atoms with Gasteiger partial charge in [-0.2, -0.15) is 26.3 Å². The van der Waals surface area contributed by atoms with Crippen LogP contribution in [0.5, 0.6) is 0 Å². The maximum Gasteiger partial charge on any atom is 0.490 e. The van der Waals surface area contributed by atoms with Gasteiger partial charge in [0.25, 0.3) is 0 Å². The Morgan fingerprint density at radius 3 is 2.00 bits per heavy atom. The second-order valence-corrected chi connectivity index (χ2v) is 9.70. The smallest absolute Gasteiger partial charge is 0.475 e. The van der Waals surface area contributed by atoms with Crippen LogP contribution in [0.1, 0.15) is 35.5 Å². The molecule has 0 bridgehead atoms. The van der Waals surface area contributed by atoms with Crippen molar-refractivity contribution in [1.82, 2.24) is 15.0 Å². The molecule has 47 heavy (non-hydrogen) atoms. The second-order valence-electron chi connectivity index (χ2n) is 9.70. The number of alkyl halides is 6. The van der Waals surface area contributed by atoms with Gasteiger partial charge in [-0.05, 0) is 47.7 Å². The lowest BCUT2D eigenvalue weighted by molar-refractivity contribution is -0.193. The van der Waals surface area contributed by atoms with Gasteiger partial charge in [0, 0.05) is 28.4 Å². The summed E-state index contributed by atoms with van der Waals surface area (Å²) < 4.78 is 78.7. The van der Waals surface area contributed by atoms with E-state index in [0.29, 0.717) is 28.6 Å². The largest absolute Gasteiger partial charge is 0.490 e. The summed E-state index contributed by atoms with van der Waals surface area (Å²) in [7, 11) is 0. The van der Waals surface area contributed by atoms with Gasteiger partial charge in [0.1, 0.15) is 17.5 Å². The molecule has 9 nitrogen and oxygen atoms in total. The zero-order chi connectivity index (χ0) is 35.1. The minimum atomic E-state index is -5.08. The molecule has 0 radical (unpaired) electrons. The third-order valence-corrected chi connectivity index (χ3v) is 6.41. The number of anilines is 2. The molecule has 5 rings (SSSR count). The standard InChI is InChI=1S/C27H24FN5.2C2HF3O2/c1-2-16-8-11-22(28)21(12-16)25(27-31-15-24(33-27)17-6-4-3-5-7-17)23-14-18-13-19(29)9-10-20(18)26(30)32-23;2*3-2(4,5)1(6)7/h3-15,25H,2,29H2,1H3,(H2,30,32)(H,31,33);2*(H,6,7). The van der Waals surface area contributed by atoms with Crippen LogP contribution in [0.25, 0.3) is 22.0 Å². The molecule has 248 valence electrons. The molecule has 1 unspecified atom stereocenters. The highest BCUT2D eigenvalue weighted by Crippen LogP contribution is 2.35. The number of benzene rings is 3. The van der Waals surface area contributed by atoms with E-state index in [0.717, 1.165) is 34.0 Å². The molecule has 16 heteroatoms. The molecule has 0 amide bonds. The van der Waals surface area contributed by atoms with E-state index in [1.807, 2.05) is 67.7 Å². The third kappa shape index (κ3) is 9.42. The number of imidazole rings is 1. The van der Waals surface area contributed by atoms with E-state index in [2.05, 4.69) is 9.97 Å². The van der Waals surface area contributed by atoms with Crippen molar-refractivity contribution in [3.05, 3.63) is 107 Å². The summed E-state index contributed by atoms with van der Waals surface area (Å²) in [5.74, 6) is -5.43. The van der Waals surface area contributed by atoms with Gasteiger partial charge < -0.3 is 26.7 Å². The Kier molecular flexibility index (Phi) is 11.1. The van der Waals surface area contributed by atoms with E-state index in [4.69, 9.17) is 36.3 Å². The van der Waals surface area contributed by atoms with E-state index in [1.54, 1.807) is 12.1 Å². The summed E-state index contributed by atoms with van der Waals surface area (Å²) in [4.78, 5) is 30.6. The molecular formula is C31H26F7N5O4. The van der Waals surface area contributed by atoms with E-state index in [9.17, 15) is 26.3 Å². The predicted octanol–water partition coefficient (Wildman–Crippen LogP) is 6.94. The van der Waals surface area contributed by atoms with Crippen LogP contribution < -0.4 is 11.5 Å². The lowest BCUT2D eigenvalue weighted by Gasteiger charge is -2.18. The van der Waals surface area contributed by atoms with Crippen molar-refractivity contribution in [2.24, 2.45) is 0 Å². The number of pyridine rings is 1. The number of aromatic amines is 1. The first-order valence-corrected chi connectivity index (χ1v) is 13.4. The van der Waals surface area contributed by atoms with Crippen LogP contribution in [0.4, 0.5) is 42.2 Å². The van der Waals surface area contributed by atoms with Crippen molar-refractivity contribution in [3.63, 3.8) is 0 Å². The molecule has 1 atom stereocenters. The number of nitrogens with one attached hydrogen (secondary N) is 1. The zero-order valence-electron chi connectivity index (χ0n) is 24.2. The number of carbonyl (C=O) groups is 2. The molecule has 0 saturated carbocycles. The van der Waals surface area contributed by atoms with Crippen molar-refractivity contribution in [2.75, 3.05) is 11.5 Å². The van der Waals surface area contributed by atoms with E-state index >= 15 is 4.39 Å². The molecule has 0 fully saturated rings. The van der Waals surface area contributed by atoms with Gasteiger partial charge in [0.2, 0.25) is 0 Å². The number of rotatable bonds is 5. The Balaban J connectivity index is 0.000000360. The number of carboxylic acid groups (broad SMARTS) is 2. The number of nitrogens with zero attached hydrogens (tertiary/aromatic N) is 2. The zero-order valence-corrected chi connectivity index (χ0v) is 24.2. The first-order valence-electron chi connectivity index (χ1n) is 13.4. The summed E-state index contributed by atoms with van der Waals surface area (Å²) in [5.41, 5.74) is 16.8. The molecule has 0 aliphatic heterocycles. The number of nitrogens with two attached hydrogens (primary N) is 2. The molecule has 2 heterocycles. The SMILES string of the molecule is CCc1ccc(F)c(C(c2cc3cc(N)ccc3c(N)n2)c2nc(-c3ccccc3)c[nH]2)c1.O=C(O)C(F)(F)F.O=C(O)C(F)(F)F. The summed E-state index contributed by atoms with van der Waals surface area (Å²) in [5, 5.41) is 15.9. The van der Waals surface area contributed by atoms with Crippen LogP contribution in [0.3, 0.4) is 0 Å². The average molecular weight is 666 g/mol.